The molecule has 2 rings (SSSR count). The van der Waals surface area contributed by atoms with Crippen LogP contribution in [0.5, 0.6) is 0 Å². The van der Waals surface area contributed by atoms with Crippen molar-refractivity contribution in [1.82, 2.24) is 15.3 Å². The van der Waals surface area contributed by atoms with E-state index in [-0.39, 0.29) is 0 Å². The molecule has 4 N–H and O–H groups in total. The highest BCUT2D eigenvalue weighted by Crippen LogP contribution is 2.19. The van der Waals surface area contributed by atoms with Gasteiger partial charge in [0.25, 0.3) is 0 Å². The Kier molecular flexibility index (Phi) is 2.02. The second-order valence-corrected chi connectivity index (χ2v) is 2.99. The van der Waals surface area contributed by atoms with Gasteiger partial charge in [-0.15, -0.1) is 0 Å². The topological polar surface area (TPSA) is 75.9 Å². The van der Waals surface area contributed by atoms with E-state index in [1.54, 1.807) is 0 Å². The smallest absolute Gasteiger partial charge is 0.224 e. The van der Waals surface area contributed by atoms with Crippen LogP contribution in [0, 0.1) is 0 Å². The van der Waals surface area contributed by atoms with E-state index in [9.17, 15) is 0 Å². The number of hydrogen-bond acceptors (Lipinski definition) is 5. The number of nitrogens with two attached hydrogens (primary N) is 1. The van der Waals surface area contributed by atoms with E-state index in [4.69, 9.17) is 5.73 Å². The van der Waals surface area contributed by atoms with Crippen molar-refractivity contribution in [3.8, 4) is 0 Å². The monoisotopic (exact) mass is 179 g/mol. The van der Waals surface area contributed by atoms with E-state index in [0.717, 1.165) is 30.9 Å². The lowest BCUT2D eigenvalue weighted by atomic mass is 10.2. The Morgan fingerprint density at radius 1 is 1.46 bits per heavy atom. The van der Waals surface area contributed by atoms with E-state index >= 15 is 0 Å². The summed E-state index contributed by atoms with van der Waals surface area (Å²) < 4.78 is 0. The van der Waals surface area contributed by atoms with Crippen LogP contribution in [0.3, 0.4) is 0 Å². The van der Waals surface area contributed by atoms with Crippen molar-refractivity contribution in [2.75, 3.05) is 17.6 Å². The van der Waals surface area contributed by atoms with Gasteiger partial charge in [0.2, 0.25) is 5.95 Å². The van der Waals surface area contributed by atoms with Gasteiger partial charge in [-0.1, -0.05) is 0 Å². The van der Waals surface area contributed by atoms with Crippen LogP contribution in [0.4, 0.5) is 11.8 Å². The van der Waals surface area contributed by atoms with Crippen LogP contribution in [0.1, 0.15) is 18.2 Å². The van der Waals surface area contributed by atoms with Crippen LogP contribution < -0.4 is 16.4 Å². The predicted octanol–water partition coefficient (Wildman–Crippen LogP) is 0.0938. The van der Waals surface area contributed by atoms with Gasteiger partial charge in [-0.25, -0.2) is 4.98 Å². The fraction of sp³-hybridized carbons (Fsp3) is 0.500. The van der Waals surface area contributed by atoms with Gasteiger partial charge in [0.1, 0.15) is 5.82 Å². The first-order valence-electron chi connectivity index (χ1n) is 4.41. The third kappa shape index (κ3) is 1.42. The summed E-state index contributed by atoms with van der Waals surface area (Å²) in [5, 5.41) is 6.24. The second kappa shape index (κ2) is 3.18. The molecule has 0 saturated heterocycles. The molecule has 0 atom stereocenters. The van der Waals surface area contributed by atoms with E-state index in [1.807, 2.05) is 6.92 Å². The summed E-state index contributed by atoms with van der Waals surface area (Å²) in [5.74, 6) is 1.22. The molecule has 13 heavy (non-hydrogen) atoms. The lowest BCUT2D eigenvalue weighted by molar-refractivity contribution is 0.758. The molecule has 0 aliphatic carbocycles. The first-order chi connectivity index (χ1) is 6.31. The molecule has 0 unspecified atom stereocenters. The third-order valence-electron chi connectivity index (χ3n) is 2.05. The van der Waals surface area contributed by atoms with E-state index in [2.05, 4.69) is 20.6 Å². The zero-order chi connectivity index (χ0) is 9.26. The first-order valence-corrected chi connectivity index (χ1v) is 4.41. The van der Waals surface area contributed by atoms with E-state index < -0.39 is 0 Å². The summed E-state index contributed by atoms with van der Waals surface area (Å²) in [6.45, 7) is 4.39. The molecule has 1 aliphatic rings. The second-order valence-electron chi connectivity index (χ2n) is 2.99. The maximum Gasteiger partial charge on any atom is 0.224 e. The van der Waals surface area contributed by atoms with Crippen LogP contribution in [-0.2, 0) is 13.1 Å². The summed E-state index contributed by atoms with van der Waals surface area (Å²) in [4.78, 5) is 8.49. The number of anilines is 2. The molecule has 0 saturated carbocycles. The third-order valence-corrected chi connectivity index (χ3v) is 2.05. The number of aromatic nitrogens is 2. The van der Waals surface area contributed by atoms with Gasteiger partial charge >= 0.3 is 0 Å². The average molecular weight is 179 g/mol. The van der Waals surface area contributed by atoms with Crippen molar-refractivity contribution in [1.29, 1.82) is 0 Å². The highest BCUT2D eigenvalue weighted by atomic mass is 15.1. The minimum Gasteiger partial charge on any atom is -0.383 e. The van der Waals surface area contributed by atoms with Crippen molar-refractivity contribution >= 4 is 11.8 Å². The van der Waals surface area contributed by atoms with Crippen molar-refractivity contribution in [3.05, 3.63) is 11.3 Å². The molecule has 70 valence electrons. The maximum absolute atomic E-state index is 5.77. The van der Waals surface area contributed by atoms with Crippen molar-refractivity contribution < 1.29 is 0 Å². The number of nitrogens with zero attached hydrogens (tertiary/aromatic N) is 2. The molecule has 0 fully saturated rings. The Balaban J connectivity index is 2.37. The molecule has 2 heterocycles. The van der Waals surface area contributed by atoms with Crippen LogP contribution in [0.25, 0.3) is 0 Å². The molecule has 0 amide bonds. The lowest BCUT2D eigenvalue weighted by Crippen LogP contribution is -2.07. The molecule has 0 radical (unpaired) electrons. The van der Waals surface area contributed by atoms with E-state index in [1.165, 1.54) is 0 Å². The van der Waals surface area contributed by atoms with Gasteiger partial charge in [0.15, 0.2) is 0 Å². The van der Waals surface area contributed by atoms with Crippen LogP contribution >= 0.6 is 0 Å². The Hall–Kier alpha value is -1.36. The standard InChI is InChI=1S/C8H13N5/c1-2-11-8-12-6-4-10-3-5(6)7(9)13-8/h10H,2-4H2,1H3,(H3,9,11,12,13). The number of nitrogen functional groups attached to an aromatic ring is 1. The Morgan fingerprint density at radius 3 is 3.08 bits per heavy atom. The van der Waals surface area contributed by atoms with Crippen molar-refractivity contribution in [2.24, 2.45) is 0 Å². The predicted molar refractivity (Wildman–Crippen MR) is 51.2 cm³/mol. The van der Waals surface area contributed by atoms with Gasteiger partial charge in [-0.2, -0.15) is 4.98 Å². The molecule has 0 bridgehead atoms. The van der Waals surface area contributed by atoms with Gasteiger partial charge < -0.3 is 16.4 Å². The van der Waals surface area contributed by atoms with Crippen LogP contribution in [-0.4, -0.2) is 16.5 Å². The van der Waals surface area contributed by atoms with Gasteiger partial charge in [-0.05, 0) is 6.92 Å². The summed E-state index contributed by atoms with van der Waals surface area (Å²) in [6.07, 6.45) is 0. The molecular weight excluding hydrogens is 166 g/mol. The minimum absolute atomic E-state index is 0.589. The zero-order valence-corrected chi connectivity index (χ0v) is 7.59. The average Bonchev–Trinajstić information content (AvgIpc) is 2.53. The van der Waals surface area contributed by atoms with Gasteiger partial charge in [0.05, 0.1) is 5.69 Å². The largest absolute Gasteiger partial charge is 0.383 e. The van der Waals surface area contributed by atoms with Crippen molar-refractivity contribution in [2.45, 2.75) is 20.0 Å². The molecule has 0 spiro atoms. The molecule has 5 nitrogen and oxygen atoms in total. The summed E-state index contributed by atoms with van der Waals surface area (Å²) in [5.41, 5.74) is 7.83. The van der Waals surface area contributed by atoms with E-state index in [0.29, 0.717) is 11.8 Å². The molecule has 1 aromatic heterocycles. The Morgan fingerprint density at radius 2 is 2.31 bits per heavy atom. The number of nitrogens with one attached hydrogen (secondary N) is 2. The maximum atomic E-state index is 5.77. The minimum atomic E-state index is 0.589. The Labute approximate surface area is 76.8 Å². The highest BCUT2D eigenvalue weighted by Gasteiger charge is 2.16. The SMILES string of the molecule is CCNc1nc(N)c2c(n1)CNC2. The van der Waals surface area contributed by atoms with Crippen molar-refractivity contribution in [3.63, 3.8) is 0 Å². The summed E-state index contributed by atoms with van der Waals surface area (Å²) in [7, 11) is 0. The van der Waals surface area contributed by atoms with Crippen LogP contribution in [0.2, 0.25) is 0 Å². The van der Waals surface area contributed by atoms with Crippen LogP contribution in [0.15, 0.2) is 0 Å². The first kappa shape index (κ1) is 8.25. The fourth-order valence-electron chi connectivity index (χ4n) is 1.43. The summed E-state index contributed by atoms with van der Waals surface area (Å²) >= 11 is 0. The normalized spacial score (nSPS) is 14.2. The number of hydrogen-bond donors (Lipinski definition) is 3. The lowest BCUT2D eigenvalue weighted by Gasteiger charge is -2.05. The molecule has 5 heteroatoms. The molecule has 0 aromatic carbocycles. The van der Waals surface area contributed by atoms with Gasteiger partial charge in [-0.3, -0.25) is 0 Å². The number of rotatable bonds is 2. The number of fused-ring (bicyclic) bond motifs is 1. The zero-order valence-electron chi connectivity index (χ0n) is 7.59. The van der Waals surface area contributed by atoms with Gasteiger partial charge in [0, 0.05) is 25.2 Å². The highest BCUT2D eigenvalue weighted by molar-refractivity contribution is 5.48. The Bertz CT molecular complexity index is 323. The molecule has 1 aromatic rings. The summed E-state index contributed by atoms with van der Waals surface area (Å²) in [6, 6.07) is 0. The molecular formula is C8H13N5. The quantitative estimate of drug-likeness (QED) is 0.600. The fourth-order valence-corrected chi connectivity index (χ4v) is 1.43. The molecule has 1 aliphatic heterocycles.